The summed E-state index contributed by atoms with van der Waals surface area (Å²) in [5.74, 6) is -1.06. The second-order valence-corrected chi connectivity index (χ2v) is 7.80. The molecule has 0 saturated carbocycles. The number of rotatable bonds is 7. The molecule has 0 aliphatic carbocycles. The number of amides is 1. The number of benzene rings is 1. The number of esters is 1. The Morgan fingerprint density at radius 2 is 1.93 bits per heavy atom. The summed E-state index contributed by atoms with van der Waals surface area (Å²) >= 11 is 5.93. The van der Waals surface area contributed by atoms with Crippen LogP contribution < -0.4 is 0 Å². The number of Topliss-reactive ketones (excluding diaryl/α,β-unsaturated/α-hetero) is 1. The van der Waals surface area contributed by atoms with Crippen molar-refractivity contribution in [3.63, 3.8) is 0 Å². The van der Waals surface area contributed by atoms with Gasteiger partial charge in [0.05, 0.1) is 19.8 Å². The maximum absolute atomic E-state index is 13.2. The molecule has 1 N–H and O–H groups in total. The van der Waals surface area contributed by atoms with Gasteiger partial charge in [-0.3, -0.25) is 9.59 Å². The van der Waals surface area contributed by atoms with Crippen LogP contribution in [-0.4, -0.2) is 60.5 Å². The first-order valence-electron chi connectivity index (χ1n) is 9.79. The number of aromatic nitrogens is 1. The molecule has 1 aromatic heterocycles. The molecule has 3 rings (SSSR count). The lowest BCUT2D eigenvalue weighted by Crippen LogP contribution is -2.41. The summed E-state index contributed by atoms with van der Waals surface area (Å²) in [7, 11) is 1.29. The lowest BCUT2D eigenvalue weighted by atomic mass is 10.0. The monoisotopic (exact) mass is 432 g/mol. The lowest BCUT2D eigenvalue weighted by Gasteiger charge is -2.25. The van der Waals surface area contributed by atoms with Gasteiger partial charge in [0.25, 0.3) is 5.91 Å². The van der Waals surface area contributed by atoms with Gasteiger partial charge in [-0.25, -0.2) is 4.79 Å². The van der Waals surface area contributed by atoms with Crippen LogP contribution in [0.3, 0.4) is 0 Å². The van der Waals surface area contributed by atoms with Crippen molar-refractivity contribution in [1.29, 1.82) is 0 Å². The summed E-state index contributed by atoms with van der Waals surface area (Å²) in [6, 6.07) is 6.56. The summed E-state index contributed by atoms with van der Waals surface area (Å²) in [6.45, 7) is 4.26. The summed E-state index contributed by atoms with van der Waals surface area (Å²) < 4.78 is 10.4. The van der Waals surface area contributed by atoms with Crippen molar-refractivity contribution in [3.05, 3.63) is 57.4 Å². The van der Waals surface area contributed by atoms with Gasteiger partial charge in [-0.1, -0.05) is 11.6 Å². The van der Waals surface area contributed by atoms with Gasteiger partial charge < -0.3 is 19.4 Å². The van der Waals surface area contributed by atoms with E-state index in [2.05, 4.69) is 4.98 Å². The fraction of sp³-hybridized carbons (Fsp3) is 0.409. The SMILES string of the molecule is COC(=O)c1[nH]c(C)c(C(=O)CN(C[C@@H]2CCCO2)C(=O)c2ccc(Cl)cc2)c1C. The molecule has 7 nitrogen and oxygen atoms in total. The molecule has 2 aromatic rings. The molecule has 30 heavy (non-hydrogen) atoms. The average Bonchev–Trinajstić information content (AvgIpc) is 3.34. The molecule has 1 amide bonds. The van der Waals surface area contributed by atoms with Crippen LogP contribution in [0.2, 0.25) is 5.02 Å². The minimum absolute atomic E-state index is 0.104. The highest BCUT2D eigenvalue weighted by Gasteiger charge is 2.28. The Morgan fingerprint density at radius 1 is 1.23 bits per heavy atom. The lowest BCUT2D eigenvalue weighted by molar-refractivity contribution is 0.0506. The molecule has 160 valence electrons. The van der Waals surface area contributed by atoms with Crippen molar-refractivity contribution in [2.24, 2.45) is 0 Å². The number of nitrogens with one attached hydrogen (secondary N) is 1. The van der Waals surface area contributed by atoms with Crippen LogP contribution in [0.25, 0.3) is 0 Å². The highest BCUT2D eigenvalue weighted by Crippen LogP contribution is 2.21. The summed E-state index contributed by atoms with van der Waals surface area (Å²) in [5.41, 5.74) is 2.17. The Labute approximate surface area is 180 Å². The molecule has 1 aliphatic rings. The Kier molecular flexibility index (Phi) is 6.95. The third-order valence-electron chi connectivity index (χ3n) is 5.27. The normalized spacial score (nSPS) is 15.8. The van der Waals surface area contributed by atoms with Crippen molar-refractivity contribution in [3.8, 4) is 0 Å². The third-order valence-corrected chi connectivity index (χ3v) is 5.52. The number of H-pyrrole nitrogens is 1. The van der Waals surface area contributed by atoms with Crippen molar-refractivity contribution < 1.29 is 23.9 Å². The molecule has 8 heteroatoms. The molecule has 1 atom stereocenters. The third kappa shape index (κ3) is 4.74. The largest absolute Gasteiger partial charge is 0.464 e. The van der Waals surface area contributed by atoms with Gasteiger partial charge in [-0.05, 0) is 56.5 Å². The van der Waals surface area contributed by atoms with Crippen LogP contribution in [0.4, 0.5) is 0 Å². The molecule has 1 aliphatic heterocycles. The van der Waals surface area contributed by atoms with Crippen molar-refractivity contribution in [1.82, 2.24) is 9.88 Å². The quantitative estimate of drug-likeness (QED) is 0.533. The first-order chi connectivity index (χ1) is 14.3. The molecule has 2 heterocycles. The zero-order chi connectivity index (χ0) is 21.8. The number of hydrogen-bond donors (Lipinski definition) is 1. The molecule has 1 saturated heterocycles. The minimum atomic E-state index is -0.539. The second kappa shape index (κ2) is 9.45. The fourth-order valence-electron chi connectivity index (χ4n) is 3.76. The molecule has 1 aromatic carbocycles. The predicted molar refractivity (Wildman–Crippen MR) is 112 cm³/mol. The van der Waals surface area contributed by atoms with E-state index in [0.29, 0.717) is 40.6 Å². The van der Waals surface area contributed by atoms with E-state index in [1.165, 1.54) is 12.0 Å². The molecular formula is C22H25ClN2O5. The van der Waals surface area contributed by atoms with E-state index in [1.54, 1.807) is 38.1 Å². The number of ether oxygens (including phenoxy) is 2. The van der Waals surface area contributed by atoms with Crippen molar-refractivity contribution in [2.45, 2.75) is 32.8 Å². The highest BCUT2D eigenvalue weighted by atomic mass is 35.5. The van der Waals surface area contributed by atoms with Crippen LogP contribution in [0.5, 0.6) is 0 Å². The van der Waals surface area contributed by atoms with Gasteiger partial charge in [0.1, 0.15) is 5.69 Å². The van der Waals surface area contributed by atoms with E-state index >= 15 is 0 Å². The molecule has 1 fully saturated rings. The summed E-state index contributed by atoms with van der Waals surface area (Å²) in [6.07, 6.45) is 1.67. The number of hydrogen-bond acceptors (Lipinski definition) is 5. The Balaban J connectivity index is 1.86. The van der Waals surface area contributed by atoms with E-state index < -0.39 is 5.97 Å². The molecular weight excluding hydrogens is 408 g/mol. The number of methoxy groups -OCH3 is 1. The number of nitrogens with zero attached hydrogens (tertiary/aromatic N) is 1. The van der Waals surface area contributed by atoms with E-state index in [4.69, 9.17) is 21.1 Å². The maximum Gasteiger partial charge on any atom is 0.354 e. The Hall–Kier alpha value is -2.64. The molecule has 0 bridgehead atoms. The van der Waals surface area contributed by atoms with E-state index in [1.807, 2.05) is 0 Å². The molecule has 0 unspecified atom stereocenters. The van der Waals surface area contributed by atoms with E-state index in [0.717, 1.165) is 12.8 Å². The summed E-state index contributed by atoms with van der Waals surface area (Å²) in [4.78, 5) is 42.7. The van der Waals surface area contributed by atoms with Crippen molar-refractivity contribution >= 4 is 29.3 Å². The van der Waals surface area contributed by atoms with E-state index in [-0.39, 0.29) is 30.0 Å². The zero-order valence-corrected chi connectivity index (χ0v) is 18.0. The van der Waals surface area contributed by atoms with Gasteiger partial charge in [-0.2, -0.15) is 0 Å². The molecule has 0 spiro atoms. The van der Waals surface area contributed by atoms with Gasteiger partial charge in [-0.15, -0.1) is 0 Å². The van der Waals surface area contributed by atoms with Gasteiger partial charge in [0.15, 0.2) is 5.78 Å². The fourth-order valence-corrected chi connectivity index (χ4v) is 3.88. The number of aromatic amines is 1. The topological polar surface area (TPSA) is 88.7 Å². The zero-order valence-electron chi connectivity index (χ0n) is 17.3. The number of carbonyl (C=O) groups excluding carboxylic acids is 3. The first-order valence-corrected chi connectivity index (χ1v) is 10.2. The van der Waals surface area contributed by atoms with Gasteiger partial charge in [0.2, 0.25) is 0 Å². The number of ketones is 1. The average molecular weight is 433 g/mol. The highest BCUT2D eigenvalue weighted by molar-refractivity contribution is 6.30. The predicted octanol–water partition coefficient (Wildman–Crippen LogP) is 3.58. The Morgan fingerprint density at radius 3 is 2.53 bits per heavy atom. The Bertz CT molecular complexity index is 945. The number of carbonyl (C=O) groups is 3. The van der Waals surface area contributed by atoms with Gasteiger partial charge >= 0.3 is 5.97 Å². The maximum atomic E-state index is 13.2. The molecule has 0 radical (unpaired) electrons. The smallest absolute Gasteiger partial charge is 0.354 e. The number of aryl methyl sites for hydroxylation is 1. The number of halogens is 1. The second-order valence-electron chi connectivity index (χ2n) is 7.37. The van der Waals surface area contributed by atoms with Crippen LogP contribution in [0.15, 0.2) is 24.3 Å². The van der Waals surface area contributed by atoms with Crippen LogP contribution in [-0.2, 0) is 9.47 Å². The first kappa shape index (κ1) is 22.1. The summed E-state index contributed by atoms with van der Waals surface area (Å²) in [5, 5.41) is 0.530. The standard InChI is InChI=1S/C22H25ClN2O5/c1-13-19(14(2)24-20(13)22(28)29-3)18(26)12-25(11-17-5-4-10-30-17)21(27)15-6-8-16(23)9-7-15/h6-9,17,24H,4-5,10-12H2,1-3H3/t17-/m0/s1. The van der Waals surface area contributed by atoms with Crippen LogP contribution in [0.1, 0.15) is 55.3 Å². The van der Waals surface area contributed by atoms with Crippen LogP contribution in [0, 0.1) is 13.8 Å². The van der Waals surface area contributed by atoms with Gasteiger partial charge in [0, 0.05) is 35.0 Å². The van der Waals surface area contributed by atoms with Crippen molar-refractivity contribution in [2.75, 3.05) is 26.8 Å². The minimum Gasteiger partial charge on any atom is -0.464 e. The van der Waals surface area contributed by atoms with E-state index in [9.17, 15) is 14.4 Å². The van der Waals surface area contributed by atoms with Crippen LogP contribution >= 0.6 is 11.6 Å².